The molecule has 0 aliphatic heterocycles. The predicted molar refractivity (Wildman–Crippen MR) is 42.9 cm³/mol. The van der Waals surface area contributed by atoms with E-state index in [2.05, 4.69) is 10.2 Å². The molecule has 0 saturated heterocycles. The van der Waals surface area contributed by atoms with Gasteiger partial charge in [0.05, 0.1) is 7.11 Å². The van der Waals surface area contributed by atoms with E-state index in [4.69, 9.17) is 4.74 Å². The van der Waals surface area contributed by atoms with Gasteiger partial charge in [0.25, 0.3) is 5.92 Å². The lowest BCUT2D eigenvalue weighted by atomic mass is 10.2. The Balaban J connectivity index is 3.10. The number of rotatable bonds is 2. The van der Waals surface area contributed by atoms with Crippen molar-refractivity contribution in [3.8, 4) is 5.88 Å². The van der Waals surface area contributed by atoms with Crippen molar-refractivity contribution < 1.29 is 13.5 Å². The van der Waals surface area contributed by atoms with Gasteiger partial charge < -0.3 is 4.74 Å². The van der Waals surface area contributed by atoms with Crippen LogP contribution >= 0.6 is 0 Å². The van der Waals surface area contributed by atoms with Crippen LogP contribution in [-0.4, -0.2) is 17.3 Å². The van der Waals surface area contributed by atoms with E-state index >= 15 is 0 Å². The van der Waals surface area contributed by atoms with Gasteiger partial charge in [-0.2, -0.15) is 8.78 Å². The molecule has 0 N–H and O–H groups in total. The molecule has 13 heavy (non-hydrogen) atoms. The summed E-state index contributed by atoms with van der Waals surface area (Å²) in [5.41, 5.74) is 0.208. The molecule has 0 spiro atoms. The molecule has 0 bridgehead atoms. The monoisotopic (exact) mass is 188 g/mol. The average molecular weight is 188 g/mol. The van der Waals surface area contributed by atoms with Crippen molar-refractivity contribution in [2.75, 3.05) is 7.11 Å². The molecule has 72 valence electrons. The van der Waals surface area contributed by atoms with Crippen LogP contribution in [0.1, 0.15) is 18.2 Å². The quantitative estimate of drug-likeness (QED) is 0.711. The number of hydrogen-bond acceptors (Lipinski definition) is 3. The van der Waals surface area contributed by atoms with Gasteiger partial charge in [-0.05, 0) is 13.0 Å². The minimum absolute atomic E-state index is 0.271. The second-order valence-electron chi connectivity index (χ2n) is 2.81. The summed E-state index contributed by atoms with van der Waals surface area (Å²) >= 11 is 0. The normalized spacial score (nSPS) is 11.5. The van der Waals surface area contributed by atoms with E-state index < -0.39 is 5.92 Å². The lowest BCUT2D eigenvalue weighted by Crippen LogP contribution is -2.11. The largest absolute Gasteiger partial charge is 0.480 e. The van der Waals surface area contributed by atoms with Gasteiger partial charge in [-0.25, -0.2) is 0 Å². The third-order valence-corrected chi connectivity index (χ3v) is 1.58. The van der Waals surface area contributed by atoms with E-state index in [-0.39, 0.29) is 11.6 Å². The highest BCUT2D eigenvalue weighted by atomic mass is 19.3. The highest BCUT2D eigenvalue weighted by molar-refractivity contribution is 5.25. The summed E-state index contributed by atoms with van der Waals surface area (Å²) in [4.78, 5) is 0. The Labute approximate surface area is 74.7 Å². The second kappa shape index (κ2) is 3.24. The number of aromatic nitrogens is 2. The summed E-state index contributed by atoms with van der Waals surface area (Å²) in [5, 5.41) is 6.87. The van der Waals surface area contributed by atoms with E-state index in [0.29, 0.717) is 5.56 Å². The summed E-state index contributed by atoms with van der Waals surface area (Å²) in [6, 6.07) is 1.27. The molecule has 1 rings (SSSR count). The maximum atomic E-state index is 12.7. The van der Waals surface area contributed by atoms with Crippen molar-refractivity contribution >= 4 is 0 Å². The fourth-order valence-electron chi connectivity index (χ4n) is 0.890. The predicted octanol–water partition coefficient (Wildman–Crippen LogP) is 1.91. The summed E-state index contributed by atoms with van der Waals surface area (Å²) in [5.74, 6) is -2.68. The van der Waals surface area contributed by atoms with E-state index in [1.165, 1.54) is 13.2 Å². The van der Waals surface area contributed by atoms with Crippen LogP contribution in [0.5, 0.6) is 5.88 Å². The number of hydrogen-bond donors (Lipinski definition) is 0. The molecule has 1 aromatic rings. The summed E-state index contributed by atoms with van der Waals surface area (Å²) < 4.78 is 30.2. The number of alkyl halides is 2. The lowest BCUT2D eigenvalue weighted by molar-refractivity contribution is 0.0116. The Morgan fingerprint density at radius 3 is 2.38 bits per heavy atom. The van der Waals surface area contributed by atoms with Gasteiger partial charge in [-0.3, -0.25) is 0 Å². The van der Waals surface area contributed by atoms with Gasteiger partial charge in [0.2, 0.25) is 5.88 Å². The standard InChI is InChI=1S/C8H10F2N2O/c1-5-4-6(8(2,9)10)11-12-7(5)13-3/h4H,1-3H3. The first-order chi connectivity index (χ1) is 5.95. The van der Waals surface area contributed by atoms with Crippen molar-refractivity contribution in [3.63, 3.8) is 0 Å². The summed E-state index contributed by atoms with van der Waals surface area (Å²) in [6.45, 7) is 2.42. The molecule has 5 heteroatoms. The first-order valence-corrected chi connectivity index (χ1v) is 3.71. The Bertz CT molecular complexity index is 310. The third-order valence-electron chi connectivity index (χ3n) is 1.58. The average Bonchev–Trinajstić information content (AvgIpc) is 2.02. The Hall–Kier alpha value is -1.26. The van der Waals surface area contributed by atoms with Gasteiger partial charge in [0, 0.05) is 12.5 Å². The molecule has 3 nitrogen and oxygen atoms in total. The molecule has 0 atom stereocenters. The van der Waals surface area contributed by atoms with Crippen molar-refractivity contribution in [3.05, 3.63) is 17.3 Å². The fourth-order valence-corrected chi connectivity index (χ4v) is 0.890. The van der Waals surface area contributed by atoms with Crippen LogP contribution in [0.2, 0.25) is 0 Å². The number of methoxy groups -OCH3 is 1. The van der Waals surface area contributed by atoms with Gasteiger partial charge >= 0.3 is 0 Å². The van der Waals surface area contributed by atoms with Crippen LogP contribution in [0, 0.1) is 6.92 Å². The zero-order valence-corrected chi connectivity index (χ0v) is 7.64. The van der Waals surface area contributed by atoms with Crippen LogP contribution in [0.3, 0.4) is 0 Å². The Kier molecular flexibility index (Phi) is 2.45. The molecule has 0 amide bonds. The topological polar surface area (TPSA) is 35.0 Å². The van der Waals surface area contributed by atoms with E-state index in [1.54, 1.807) is 6.92 Å². The van der Waals surface area contributed by atoms with Crippen LogP contribution in [-0.2, 0) is 5.92 Å². The van der Waals surface area contributed by atoms with Gasteiger partial charge in [-0.15, -0.1) is 10.2 Å². The first-order valence-electron chi connectivity index (χ1n) is 3.71. The zero-order valence-electron chi connectivity index (χ0n) is 7.64. The molecule has 0 saturated carbocycles. The van der Waals surface area contributed by atoms with Crippen LogP contribution in [0.25, 0.3) is 0 Å². The smallest absolute Gasteiger partial charge is 0.288 e. The maximum Gasteiger partial charge on any atom is 0.288 e. The van der Waals surface area contributed by atoms with Crippen molar-refractivity contribution in [1.82, 2.24) is 10.2 Å². The van der Waals surface area contributed by atoms with Crippen molar-refractivity contribution in [2.45, 2.75) is 19.8 Å². The SMILES string of the molecule is COc1nnc(C(C)(F)F)cc1C. The molecule has 0 aliphatic carbocycles. The molecular formula is C8H10F2N2O. The molecule has 0 radical (unpaired) electrons. The van der Waals surface area contributed by atoms with Crippen LogP contribution in [0.15, 0.2) is 6.07 Å². The summed E-state index contributed by atoms with van der Waals surface area (Å²) in [7, 11) is 1.42. The zero-order chi connectivity index (χ0) is 10.1. The van der Waals surface area contributed by atoms with Crippen LogP contribution in [0.4, 0.5) is 8.78 Å². The highest BCUT2D eigenvalue weighted by Gasteiger charge is 2.27. The molecular weight excluding hydrogens is 178 g/mol. The minimum Gasteiger partial charge on any atom is -0.480 e. The minimum atomic E-state index is -2.95. The second-order valence-corrected chi connectivity index (χ2v) is 2.81. The maximum absolute atomic E-state index is 12.7. The number of nitrogens with zero attached hydrogens (tertiary/aromatic N) is 2. The molecule has 1 heterocycles. The lowest BCUT2D eigenvalue weighted by Gasteiger charge is -2.10. The van der Waals surface area contributed by atoms with E-state index in [0.717, 1.165) is 6.92 Å². The third kappa shape index (κ3) is 2.11. The van der Waals surface area contributed by atoms with Gasteiger partial charge in [0.15, 0.2) is 0 Å². The first kappa shape index (κ1) is 9.83. The van der Waals surface area contributed by atoms with E-state index in [9.17, 15) is 8.78 Å². The molecule has 0 fully saturated rings. The fraction of sp³-hybridized carbons (Fsp3) is 0.500. The number of ether oxygens (including phenoxy) is 1. The van der Waals surface area contributed by atoms with Gasteiger partial charge in [0.1, 0.15) is 5.69 Å². The molecule has 1 aromatic heterocycles. The van der Waals surface area contributed by atoms with Gasteiger partial charge in [-0.1, -0.05) is 0 Å². The number of aryl methyl sites for hydroxylation is 1. The number of halogens is 2. The Morgan fingerprint density at radius 1 is 1.38 bits per heavy atom. The van der Waals surface area contributed by atoms with Crippen molar-refractivity contribution in [1.29, 1.82) is 0 Å². The molecule has 0 unspecified atom stereocenters. The highest BCUT2D eigenvalue weighted by Crippen LogP contribution is 2.26. The Morgan fingerprint density at radius 2 is 2.00 bits per heavy atom. The van der Waals surface area contributed by atoms with E-state index in [1.807, 2.05) is 0 Å². The molecule has 0 aromatic carbocycles. The van der Waals surface area contributed by atoms with Crippen LogP contribution < -0.4 is 4.74 Å². The van der Waals surface area contributed by atoms with Crippen molar-refractivity contribution in [2.24, 2.45) is 0 Å². The summed E-state index contributed by atoms with van der Waals surface area (Å²) in [6.07, 6.45) is 0. The molecule has 0 aliphatic rings.